The number of aryl methyl sites for hydroxylation is 1. The molecule has 1 saturated heterocycles. The van der Waals surface area contributed by atoms with E-state index in [1.165, 1.54) is 41.5 Å². The third-order valence-corrected chi connectivity index (χ3v) is 3.16. The highest BCUT2D eigenvalue weighted by atomic mass is 79.9. The number of rotatable bonds is 2. The number of likely N-dealkylation sites (tertiary alicyclic amines) is 1. The summed E-state index contributed by atoms with van der Waals surface area (Å²) in [5.74, 6) is 0. The first-order valence-corrected chi connectivity index (χ1v) is 6.02. The van der Waals surface area contributed by atoms with Crippen molar-refractivity contribution in [2.75, 3.05) is 13.1 Å². The lowest BCUT2D eigenvalue weighted by Crippen LogP contribution is -2.18. The maximum Gasteiger partial charge on any atom is 0.0234 e. The summed E-state index contributed by atoms with van der Waals surface area (Å²) in [5, 5.41) is 0. The molecule has 1 fully saturated rings. The summed E-state index contributed by atoms with van der Waals surface area (Å²) in [4.78, 5) is 2.53. The van der Waals surface area contributed by atoms with E-state index in [1.807, 2.05) is 0 Å². The van der Waals surface area contributed by atoms with E-state index in [1.54, 1.807) is 0 Å². The van der Waals surface area contributed by atoms with Crippen molar-refractivity contribution in [1.82, 2.24) is 4.90 Å². The second kappa shape index (κ2) is 4.45. The summed E-state index contributed by atoms with van der Waals surface area (Å²) in [7, 11) is 0. The first kappa shape index (κ1) is 10.2. The van der Waals surface area contributed by atoms with Crippen molar-refractivity contribution >= 4 is 15.9 Å². The fourth-order valence-electron chi connectivity index (χ4n) is 2.10. The Morgan fingerprint density at radius 2 is 1.93 bits per heavy atom. The van der Waals surface area contributed by atoms with E-state index in [0.29, 0.717) is 0 Å². The van der Waals surface area contributed by atoms with E-state index >= 15 is 0 Å². The molecule has 0 amide bonds. The minimum Gasteiger partial charge on any atom is -0.299 e. The molecule has 76 valence electrons. The molecule has 0 bridgehead atoms. The Bertz CT molecular complexity index is 296. The van der Waals surface area contributed by atoms with E-state index in [4.69, 9.17) is 0 Å². The SMILES string of the molecule is Cc1cc(Br)cc(CN2CCCC2)c1. The topological polar surface area (TPSA) is 3.24 Å². The van der Waals surface area contributed by atoms with Crippen molar-refractivity contribution < 1.29 is 0 Å². The fourth-order valence-corrected chi connectivity index (χ4v) is 2.76. The third kappa shape index (κ3) is 2.58. The Balaban J connectivity index is 2.07. The summed E-state index contributed by atoms with van der Waals surface area (Å²) in [6.07, 6.45) is 2.74. The molecule has 1 aromatic rings. The van der Waals surface area contributed by atoms with Crippen LogP contribution in [0, 0.1) is 6.92 Å². The zero-order valence-electron chi connectivity index (χ0n) is 8.59. The zero-order valence-corrected chi connectivity index (χ0v) is 10.2. The van der Waals surface area contributed by atoms with Crippen molar-refractivity contribution in [3.8, 4) is 0 Å². The second-order valence-electron chi connectivity index (χ2n) is 4.12. The van der Waals surface area contributed by atoms with E-state index < -0.39 is 0 Å². The summed E-state index contributed by atoms with van der Waals surface area (Å²) < 4.78 is 1.20. The third-order valence-electron chi connectivity index (χ3n) is 2.71. The van der Waals surface area contributed by atoms with Crippen LogP contribution in [0.1, 0.15) is 24.0 Å². The predicted molar refractivity (Wildman–Crippen MR) is 63.4 cm³/mol. The Labute approximate surface area is 94.2 Å². The van der Waals surface area contributed by atoms with Crippen LogP contribution in [0.5, 0.6) is 0 Å². The van der Waals surface area contributed by atoms with Crippen LogP contribution in [0.15, 0.2) is 22.7 Å². The highest BCUT2D eigenvalue weighted by Gasteiger charge is 2.11. The van der Waals surface area contributed by atoms with Crippen LogP contribution in [-0.2, 0) is 6.54 Å². The van der Waals surface area contributed by atoms with Gasteiger partial charge in [-0.15, -0.1) is 0 Å². The van der Waals surface area contributed by atoms with E-state index in [2.05, 4.69) is 46.0 Å². The lowest BCUT2D eigenvalue weighted by atomic mass is 10.1. The molecule has 14 heavy (non-hydrogen) atoms. The number of nitrogens with zero attached hydrogens (tertiary/aromatic N) is 1. The number of benzene rings is 1. The van der Waals surface area contributed by atoms with Crippen LogP contribution in [0.4, 0.5) is 0 Å². The second-order valence-corrected chi connectivity index (χ2v) is 5.04. The van der Waals surface area contributed by atoms with Crippen molar-refractivity contribution in [1.29, 1.82) is 0 Å². The van der Waals surface area contributed by atoms with Crippen LogP contribution in [0.2, 0.25) is 0 Å². The monoisotopic (exact) mass is 253 g/mol. The maximum absolute atomic E-state index is 3.54. The van der Waals surface area contributed by atoms with Gasteiger partial charge in [0.25, 0.3) is 0 Å². The summed E-state index contributed by atoms with van der Waals surface area (Å²) in [6.45, 7) is 5.80. The molecular weight excluding hydrogens is 238 g/mol. The van der Waals surface area contributed by atoms with Gasteiger partial charge in [-0.1, -0.05) is 22.0 Å². The minimum absolute atomic E-state index is 1.11. The van der Waals surface area contributed by atoms with Gasteiger partial charge >= 0.3 is 0 Å². The Morgan fingerprint density at radius 1 is 1.21 bits per heavy atom. The largest absolute Gasteiger partial charge is 0.299 e. The molecule has 0 aromatic heterocycles. The highest BCUT2D eigenvalue weighted by molar-refractivity contribution is 9.10. The summed E-state index contributed by atoms with van der Waals surface area (Å²) in [6, 6.07) is 6.67. The molecule has 1 aliphatic rings. The molecule has 0 atom stereocenters. The van der Waals surface area contributed by atoms with Crippen LogP contribution in [0.25, 0.3) is 0 Å². The van der Waals surface area contributed by atoms with Crippen molar-refractivity contribution in [3.05, 3.63) is 33.8 Å². The average Bonchev–Trinajstić information content (AvgIpc) is 2.54. The molecule has 0 radical (unpaired) electrons. The van der Waals surface area contributed by atoms with Crippen molar-refractivity contribution in [3.63, 3.8) is 0 Å². The Kier molecular flexibility index (Phi) is 3.24. The molecular formula is C12H16BrN. The average molecular weight is 254 g/mol. The lowest BCUT2D eigenvalue weighted by Gasteiger charge is -2.15. The highest BCUT2D eigenvalue weighted by Crippen LogP contribution is 2.18. The molecule has 0 N–H and O–H groups in total. The molecule has 0 saturated carbocycles. The van der Waals surface area contributed by atoms with Gasteiger partial charge in [-0.2, -0.15) is 0 Å². The van der Waals surface area contributed by atoms with E-state index in [9.17, 15) is 0 Å². The molecule has 0 unspecified atom stereocenters. The maximum atomic E-state index is 3.54. The Morgan fingerprint density at radius 3 is 2.57 bits per heavy atom. The van der Waals surface area contributed by atoms with E-state index in [0.717, 1.165) is 6.54 Å². The molecule has 0 spiro atoms. The minimum atomic E-state index is 1.11. The molecule has 1 nitrogen and oxygen atoms in total. The van der Waals surface area contributed by atoms with Crippen LogP contribution < -0.4 is 0 Å². The van der Waals surface area contributed by atoms with Gasteiger partial charge in [-0.3, -0.25) is 4.90 Å². The standard InChI is InChI=1S/C12H16BrN/c1-10-6-11(8-12(13)7-10)9-14-4-2-3-5-14/h6-8H,2-5,9H2,1H3. The zero-order chi connectivity index (χ0) is 9.97. The summed E-state index contributed by atoms with van der Waals surface area (Å²) >= 11 is 3.54. The van der Waals surface area contributed by atoms with Crippen LogP contribution >= 0.6 is 15.9 Å². The van der Waals surface area contributed by atoms with Crippen LogP contribution in [-0.4, -0.2) is 18.0 Å². The first-order valence-electron chi connectivity index (χ1n) is 5.22. The molecule has 2 heteroatoms. The lowest BCUT2D eigenvalue weighted by molar-refractivity contribution is 0.331. The van der Waals surface area contributed by atoms with Gasteiger partial charge in [0.15, 0.2) is 0 Å². The molecule has 0 aliphatic carbocycles. The first-order chi connectivity index (χ1) is 6.74. The predicted octanol–water partition coefficient (Wildman–Crippen LogP) is 3.35. The molecule has 1 aromatic carbocycles. The van der Waals surface area contributed by atoms with Gasteiger partial charge in [0, 0.05) is 11.0 Å². The quantitative estimate of drug-likeness (QED) is 0.782. The van der Waals surface area contributed by atoms with Gasteiger partial charge in [0.1, 0.15) is 0 Å². The summed E-state index contributed by atoms with van der Waals surface area (Å²) in [5.41, 5.74) is 2.77. The molecule has 1 aliphatic heterocycles. The van der Waals surface area contributed by atoms with Gasteiger partial charge in [0.2, 0.25) is 0 Å². The number of hydrogen-bond acceptors (Lipinski definition) is 1. The molecule has 2 rings (SSSR count). The van der Waals surface area contributed by atoms with E-state index in [-0.39, 0.29) is 0 Å². The van der Waals surface area contributed by atoms with Gasteiger partial charge < -0.3 is 0 Å². The Hall–Kier alpha value is -0.340. The smallest absolute Gasteiger partial charge is 0.0234 e. The van der Waals surface area contributed by atoms with Gasteiger partial charge in [0.05, 0.1) is 0 Å². The number of halogens is 1. The fraction of sp³-hybridized carbons (Fsp3) is 0.500. The number of hydrogen-bond donors (Lipinski definition) is 0. The van der Waals surface area contributed by atoms with Crippen molar-refractivity contribution in [2.24, 2.45) is 0 Å². The van der Waals surface area contributed by atoms with Gasteiger partial charge in [-0.25, -0.2) is 0 Å². The van der Waals surface area contributed by atoms with Crippen LogP contribution in [0.3, 0.4) is 0 Å². The molecule has 1 heterocycles. The van der Waals surface area contributed by atoms with Gasteiger partial charge in [-0.05, 0) is 56.1 Å². The normalized spacial score (nSPS) is 17.6. The van der Waals surface area contributed by atoms with Crippen molar-refractivity contribution in [2.45, 2.75) is 26.3 Å².